The van der Waals surface area contributed by atoms with Crippen molar-refractivity contribution < 1.29 is 9.53 Å². The van der Waals surface area contributed by atoms with Crippen LogP contribution < -0.4 is 11.3 Å². The number of halogens is 1. The normalized spacial score (nSPS) is 9.59. The number of ether oxygens (including phenoxy) is 1. The van der Waals surface area contributed by atoms with E-state index in [0.717, 1.165) is 38.5 Å². The van der Waals surface area contributed by atoms with Gasteiger partial charge in [-0.05, 0) is 19.8 Å². The Balaban J connectivity index is 0. The van der Waals surface area contributed by atoms with Gasteiger partial charge in [-0.25, -0.2) is 9.78 Å². The van der Waals surface area contributed by atoms with E-state index in [-0.39, 0.29) is 24.6 Å². The van der Waals surface area contributed by atoms with Crippen LogP contribution in [0.25, 0.3) is 0 Å². The molecule has 0 atom stereocenters. The highest BCUT2D eigenvalue weighted by Crippen LogP contribution is 2.01. The Hall–Kier alpha value is -1.89. The third-order valence-electron chi connectivity index (χ3n) is 3.66. The summed E-state index contributed by atoms with van der Waals surface area (Å²) in [5.74, 6) is 0.323. The van der Waals surface area contributed by atoms with Gasteiger partial charge in [-0.3, -0.25) is 10.2 Å². The summed E-state index contributed by atoms with van der Waals surface area (Å²) >= 11 is 0. The molecule has 156 valence electrons. The minimum absolute atomic E-state index is 0. The molecule has 1 aromatic heterocycles. The standard InChI is InChI=1S/C12H18N2O3.C7H16N2.ClH/c1-3-5-6-7-10-13-8-9(11(15)14-10)12(16)17-4-2;1-2-3-4-5-6-7(8)9;/h8H,3-7H2,1-2H3,(H,13,14,15);2-6H2,1H3,(H3,8,9);1H. The van der Waals surface area contributed by atoms with E-state index in [2.05, 4.69) is 23.8 Å². The molecule has 0 saturated heterocycles. The number of carbonyl (C=O) groups is 1. The fraction of sp³-hybridized carbons (Fsp3) is 0.684. The van der Waals surface area contributed by atoms with Gasteiger partial charge in [0.15, 0.2) is 0 Å². The largest absolute Gasteiger partial charge is 0.462 e. The molecule has 7 nitrogen and oxygen atoms in total. The molecule has 4 N–H and O–H groups in total. The molecule has 0 radical (unpaired) electrons. The van der Waals surface area contributed by atoms with E-state index < -0.39 is 11.5 Å². The molecule has 0 aliphatic heterocycles. The third kappa shape index (κ3) is 13.9. The van der Waals surface area contributed by atoms with Gasteiger partial charge in [0.05, 0.1) is 12.4 Å². The molecule has 27 heavy (non-hydrogen) atoms. The number of hydrogen-bond acceptors (Lipinski definition) is 5. The first-order chi connectivity index (χ1) is 12.5. The van der Waals surface area contributed by atoms with Crippen molar-refractivity contribution in [3.8, 4) is 0 Å². The maximum Gasteiger partial charge on any atom is 0.345 e. The second-order valence-corrected chi connectivity index (χ2v) is 6.09. The first kappa shape index (κ1) is 27.3. The number of nitrogens with one attached hydrogen (secondary N) is 2. The summed E-state index contributed by atoms with van der Waals surface area (Å²) in [6, 6.07) is 0. The summed E-state index contributed by atoms with van der Waals surface area (Å²) in [6.07, 6.45) is 10.8. The number of nitrogens with two attached hydrogens (primary N) is 1. The number of nitrogens with zero attached hydrogens (tertiary/aromatic N) is 1. The van der Waals surface area contributed by atoms with E-state index in [0.29, 0.717) is 11.7 Å². The van der Waals surface area contributed by atoms with Crippen LogP contribution in [0, 0.1) is 5.41 Å². The lowest BCUT2D eigenvalue weighted by Gasteiger charge is -2.02. The average molecular weight is 403 g/mol. The summed E-state index contributed by atoms with van der Waals surface area (Å²) in [5.41, 5.74) is 4.70. The van der Waals surface area contributed by atoms with Crippen LogP contribution in [0.3, 0.4) is 0 Å². The number of unbranched alkanes of at least 4 members (excludes halogenated alkanes) is 5. The lowest BCUT2D eigenvalue weighted by molar-refractivity contribution is 0.0523. The second kappa shape index (κ2) is 17.5. The highest BCUT2D eigenvalue weighted by Gasteiger charge is 2.12. The Labute approximate surface area is 168 Å². The van der Waals surface area contributed by atoms with Crippen molar-refractivity contribution in [2.75, 3.05) is 6.61 Å². The molecule has 0 aliphatic rings. The molecule has 0 amide bonds. The molecule has 8 heteroatoms. The number of aromatic amines is 1. The molecule has 0 spiro atoms. The van der Waals surface area contributed by atoms with Crippen LogP contribution in [-0.2, 0) is 11.2 Å². The van der Waals surface area contributed by atoms with Crippen molar-refractivity contribution in [2.45, 2.75) is 78.6 Å². The monoisotopic (exact) mass is 402 g/mol. The molecule has 0 bridgehead atoms. The summed E-state index contributed by atoms with van der Waals surface area (Å²) in [6.45, 7) is 6.23. The van der Waals surface area contributed by atoms with E-state index in [1.165, 1.54) is 25.5 Å². The quantitative estimate of drug-likeness (QED) is 0.223. The first-order valence-corrected chi connectivity index (χ1v) is 9.54. The number of H-pyrrole nitrogens is 1. The molecular formula is C19H35ClN4O3. The molecule has 0 saturated carbocycles. The maximum atomic E-state index is 11.6. The minimum atomic E-state index is -0.624. The second-order valence-electron chi connectivity index (χ2n) is 6.09. The molecule has 0 fully saturated rings. The van der Waals surface area contributed by atoms with Gasteiger partial charge in [0.1, 0.15) is 11.4 Å². The minimum Gasteiger partial charge on any atom is -0.462 e. The molecule has 0 unspecified atom stereocenters. The van der Waals surface area contributed by atoms with Gasteiger partial charge in [-0.2, -0.15) is 0 Å². The number of aryl methyl sites for hydroxylation is 1. The number of carbonyl (C=O) groups excluding carboxylic acids is 1. The lowest BCUT2D eigenvalue weighted by Crippen LogP contribution is -2.22. The van der Waals surface area contributed by atoms with Crippen molar-refractivity contribution in [1.82, 2.24) is 9.97 Å². The molecule has 0 aliphatic carbocycles. The number of esters is 1. The topological polar surface area (TPSA) is 122 Å². The predicted octanol–water partition coefficient (Wildman–Crippen LogP) is 3.99. The smallest absolute Gasteiger partial charge is 0.345 e. The van der Waals surface area contributed by atoms with Crippen LogP contribution >= 0.6 is 12.4 Å². The fourth-order valence-corrected chi connectivity index (χ4v) is 2.20. The maximum absolute atomic E-state index is 11.6. The van der Waals surface area contributed by atoms with Gasteiger partial charge in [0, 0.05) is 19.0 Å². The highest BCUT2D eigenvalue weighted by atomic mass is 35.5. The molecule has 1 rings (SSSR count). The highest BCUT2D eigenvalue weighted by molar-refractivity contribution is 5.88. The van der Waals surface area contributed by atoms with Crippen molar-refractivity contribution in [2.24, 2.45) is 5.73 Å². The van der Waals surface area contributed by atoms with Gasteiger partial charge >= 0.3 is 5.97 Å². The van der Waals surface area contributed by atoms with Crippen LogP contribution in [0.5, 0.6) is 0 Å². The van der Waals surface area contributed by atoms with E-state index in [4.69, 9.17) is 15.9 Å². The van der Waals surface area contributed by atoms with Crippen molar-refractivity contribution >= 4 is 24.2 Å². The van der Waals surface area contributed by atoms with Crippen LogP contribution in [0.1, 0.15) is 88.3 Å². The fourth-order valence-electron chi connectivity index (χ4n) is 2.20. The SMILES string of the molecule is CCCCCCC(=N)N.CCCCCc1ncc(C(=O)OCC)c(=O)[nH]1.Cl. The number of aromatic nitrogens is 2. The Kier molecular flexibility index (Phi) is 17.7. The first-order valence-electron chi connectivity index (χ1n) is 9.54. The number of hydrogen-bond donors (Lipinski definition) is 3. The zero-order chi connectivity index (χ0) is 19.8. The van der Waals surface area contributed by atoms with Crippen LogP contribution in [-0.4, -0.2) is 28.4 Å². The predicted molar refractivity (Wildman–Crippen MR) is 112 cm³/mol. The lowest BCUT2D eigenvalue weighted by atomic mass is 10.1. The Morgan fingerprint density at radius 1 is 1.15 bits per heavy atom. The zero-order valence-corrected chi connectivity index (χ0v) is 17.6. The van der Waals surface area contributed by atoms with Gasteiger partial charge in [-0.15, -0.1) is 12.4 Å². The zero-order valence-electron chi connectivity index (χ0n) is 16.8. The van der Waals surface area contributed by atoms with Gasteiger partial charge < -0.3 is 15.5 Å². The van der Waals surface area contributed by atoms with E-state index in [1.54, 1.807) is 6.92 Å². The third-order valence-corrected chi connectivity index (χ3v) is 3.66. The van der Waals surface area contributed by atoms with Crippen LogP contribution in [0.4, 0.5) is 0 Å². The Bertz CT molecular complexity index is 591. The molecule has 0 aromatic carbocycles. The van der Waals surface area contributed by atoms with Crippen molar-refractivity contribution in [3.63, 3.8) is 0 Å². The molecule has 1 heterocycles. The molecular weight excluding hydrogens is 368 g/mol. The summed E-state index contributed by atoms with van der Waals surface area (Å²) in [4.78, 5) is 29.6. The van der Waals surface area contributed by atoms with Gasteiger partial charge in [0.2, 0.25) is 0 Å². The Morgan fingerprint density at radius 2 is 1.78 bits per heavy atom. The van der Waals surface area contributed by atoms with Crippen LogP contribution in [0.2, 0.25) is 0 Å². The van der Waals surface area contributed by atoms with Crippen molar-refractivity contribution in [3.05, 3.63) is 27.9 Å². The summed E-state index contributed by atoms with van der Waals surface area (Å²) in [7, 11) is 0. The molecule has 1 aromatic rings. The van der Waals surface area contributed by atoms with E-state index in [1.807, 2.05) is 0 Å². The van der Waals surface area contributed by atoms with Crippen LogP contribution in [0.15, 0.2) is 11.0 Å². The van der Waals surface area contributed by atoms with Gasteiger partial charge in [0.25, 0.3) is 5.56 Å². The summed E-state index contributed by atoms with van der Waals surface area (Å²) in [5, 5.41) is 6.91. The number of amidine groups is 1. The average Bonchev–Trinajstić information content (AvgIpc) is 2.60. The van der Waals surface area contributed by atoms with E-state index in [9.17, 15) is 9.59 Å². The Morgan fingerprint density at radius 3 is 2.30 bits per heavy atom. The summed E-state index contributed by atoms with van der Waals surface area (Å²) < 4.78 is 4.75. The number of rotatable bonds is 11. The van der Waals surface area contributed by atoms with Gasteiger partial charge in [-0.1, -0.05) is 46.0 Å². The van der Waals surface area contributed by atoms with Crippen molar-refractivity contribution in [1.29, 1.82) is 5.41 Å². The van der Waals surface area contributed by atoms with E-state index >= 15 is 0 Å².